The van der Waals surface area contributed by atoms with Crippen molar-refractivity contribution in [3.05, 3.63) is 29.8 Å². The molecule has 1 aliphatic heterocycles. The summed E-state index contributed by atoms with van der Waals surface area (Å²) in [5.41, 5.74) is -0.554. The zero-order valence-corrected chi connectivity index (χ0v) is 12.8. The van der Waals surface area contributed by atoms with E-state index in [9.17, 15) is 27.6 Å². The molecule has 0 aliphatic carbocycles. The van der Waals surface area contributed by atoms with Crippen LogP contribution in [0.2, 0.25) is 0 Å². The Kier molecular flexibility index (Phi) is 4.81. The lowest BCUT2D eigenvalue weighted by Gasteiger charge is -2.28. The van der Waals surface area contributed by atoms with Crippen molar-refractivity contribution in [2.75, 3.05) is 11.9 Å². The second-order valence-electron chi connectivity index (χ2n) is 5.59. The van der Waals surface area contributed by atoms with E-state index >= 15 is 0 Å². The minimum atomic E-state index is -5.06. The third-order valence-corrected chi connectivity index (χ3v) is 3.66. The van der Waals surface area contributed by atoms with Gasteiger partial charge in [0.1, 0.15) is 5.54 Å². The van der Waals surface area contributed by atoms with Gasteiger partial charge in [0, 0.05) is 25.6 Å². The molecular formula is C15H16F3N3O3. The first-order valence-corrected chi connectivity index (χ1v) is 7.16. The van der Waals surface area contributed by atoms with E-state index in [1.807, 2.05) is 5.32 Å². The van der Waals surface area contributed by atoms with E-state index in [2.05, 4.69) is 10.6 Å². The van der Waals surface area contributed by atoms with Crippen molar-refractivity contribution in [1.29, 1.82) is 0 Å². The molecule has 1 aromatic carbocycles. The Bertz CT molecular complexity index is 658. The van der Waals surface area contributed by atoms with Gasteiger partial charge in [-0.3, -0.25) is 14.4 Å². The molecule has 24 heavy (non-hydrogen) atoms. The molecule has 0 radical (unpaired) electrons. The summed E-state index contributed by atoms with van der Waals surface area (Å²) in [7, 11) is 0. The predicted octanol–water partition coefficient (Wildman–Crippen LogP) is 1.12. The monoisotopic (exact) mass is 343 g/mol. The Morgan fingerprint density at radius 1 is 1.25 bits per heavy atom. The molecule has 1 fully saturated rings. The Morgan fingerprint density at radius 3 is 2.33 bits per heavy atom. The van der Waals surface area contributed by atoms with Gasteiger partial charge in [-0.15, -0.1) is 0 Å². The molecule has 2 rings (SSSR count). The van der Waals surface area contributed by atoms with E-state index in [1.165, 1.54) is 6.92 Å². The molecule has 0 aromatic heterocycles. The van der Waals surface area contributed by atoms with E-state index in [0.29, 0.717) is 11.3 Å². The Morgan fingerprint density at radius 2 is 1.88 bits per heavy atom. The van der Waals surface area contributed by atoms with Crippen LogP contribution in [0.15, 0.2) is 24.3 Å². The van der Waals surface area contributed by atoms with Crippen LogP contribution in [0.5, 0.6) is 0 Å². The van der Waals surface area contributed by atoms with Crippen molar-refractivity contribution in [3.63, 3.8) is 0 Å². The van der Waals surface area contributed by atoms with Gasteiger partial charge < -0.3 is 16.0 Å². The third kappa shape index (κ3) is 4.03. The number of benzene rings is 1. The Hall–Kier alpha value is -2.58. The lowest BCUT2D eigenvalue weighted by molar-refractivity contribution is -0.176. The van der Waals surface area contributed by atoms with E-state index in [-0.39, 0.29) is 25.3 Å². The SMILES string of the molecule is CC(=O)Nc1ccc(C[C@]2(NC(=O)C(F)(F)F)CCNC2=O)cc1. The number of carbonyl (C=O) groups excluding carboxylic acids is 3. The fourth-order valence-corrected chi connectivity index (χ4v) is 2.55. The minimum absolute atomic E-state index is 0.0566. The summed E-state index contributed by atoms with van der Waals surface area (Å²) >= 11 is 0. The number of rotatable bonds is 4. The number of anilines is 1. The lowest BCUT2D eigenvalue weighted by Crippen LogP contribution is -2.58. The highest BCUT2D eigenvalue weighted by Crippen LogP contribution is 2.25. The fourth-order valence-electron chi connectivity index (χ4n) is 2.55. The van der Waals surface area contributed by atoms with E-state index in [4.69, 9.17) is 0 Å². The van der Waals surface area contributed by atoms with Crippen LogP contribution in [0.3, 0.4) is 0 Å². The first kappa shape index (κ1) is 17.8. The standard InChI is InChI=1S/C15H16F3N3O3/c1-9(22)20-11-4-2-10(3-5-11)8-14(6-7-19-12(14)23)21-13(24)15(16,17)18/h2-5H,6-8H2,1H3,(H,19,23)(H,20,22)(H,21,24)/t14-/m1/s1. The van der Waals surface area contributed by atoms with Gasteiger partial charge in [0.25, 0.3) is 0 Å². The van der Waals surface area contributed by atoms with Gasteiger partial charge in [-0.2, -0.15) is 13.2 Å². The molecule has 1 aliphatic rings. The number of halogens is 3. The zero-order valence-electron chi connectivity index (χ0n) is 12.8. The van der Waals surface area contributed by atoms with Crippen molar-refractivity contribution >= 4 is 23.4 Å². The molecule has 3 N–H and O–H groups in total. The summed E-state index contributed by atoms with van der Waals surface area (Å²) in [4.78, 5) is 34.3. The molecule has 1 aromatic rings. The molecule has 0 spiro atoms. The van der Waals surface area contributed by atoms with Crippen LogP contribution in [0.4, 0.5) is 18.9 Å². The highest BCUT2D eigenvalue weighted by molar-refractivity contribution is 5.95. The van der Waals surface area contributed by atoms with Gasteiger partial charge in [0.15, 0.2) is 0 Å². The first-order valence-electron chi connectivity index (χ1n) is 7.16. The maximum Gasteiger partial charge on any atom is 0.471 e. The summed E-state index contributed by atoms with van der Waals surface area (Å²) in [5, 5.41) is 6.84. The van der Waals surface area contributed by atoms with Crippen LogP contribution in [0, 0.1) is 0 Å². The fraction of sp³-hybridized carbons (Fsp3) is 0.400. The van der Waals surface area contributed by atoms with Crippen molar-refractivity contribution in [1.82, 2.24) is 10.6 Å². The number of carbonyl (C=O) groups is 3. The topological polar surface area (TPSA) is 87.3 Å². The van der Waals surface area contributed by atoms with Crippen molar-refractivity contribution in [3.8, 4) is 0 Å². The van der Waals surface area contributed by atoms with Gasteiger partial charge in [-0.25, -0.2) is 0 Å². The summed E-state index contributed by atoms with van der Waals surface area (Å²) in [6.07, 6.45) is -5.09. The summed E-state index contributed by atoms with van der Waals surface area (Å²) in [5.74, 6) is -3.05. The maximum atomic E-state index is 12.5. The van der Waals surface area contributed by atoms with Crippen LogP contribution in [-0.2, 0) is 20.8 Å². The van der Waals surface area contributed by atoms with Gasteiger partial charge in [0.2, 0.25) is 11.8 Å². The van der Waals surface area contributed by atoms with Crippen LogP contribution < -0.4 is 16.0 Å². The zero-order chi connectivity index (χ0) is 18.0. The molecule has 3 amide bonds. The molecule has 1 heterocycles. The summed E-state index contributed by atoms with van der Waals surface area (Å²) in [6.45, 7) is 1.53. The van der Waals surface area contributed by atoms with Crippen LogP contribution in [0.1, 0.15) is 18.9 Å². The number of hydrogen-bond donors (Lipinski definition) is 3. The predicted molar refractivity (Wildman–Crippen MR) is 79.0 cm³/mol. The normalized spacial score (nSPS) is 20.4. The first-order chi connectivity index (χ1) is 11.1. The molecule has 0 bridgehead atoms. The Balaban J connectivity index is 2.19. The molecule has 0 unspecified atom stereocenters. The van der Waals surface area contributed by atoms with Crippen molar-refractivity contribution in [2.24, 2.45) is 0 Å². The second-order valence-corrected chi connectivity index (χ2v) is 5.59. The smallest absolute Gasteiger partial charge is 0.354 e. The molecular weight excluding hydrogens is 327 g/mol. The van der Waals surface area contributed by atoms with Gasteiger partial charge in [0.05, 0.1) is 0 Å². The molecule has 0 saturated carbocycles. The molecule has 130 valence electrons. The van der Waals surface area contributed by atoms with Crippen LogP contribution in [-0.4, -0.2) is 36.0 Å². The molecule has 1 atom stereocenters. The molecule has 9 heteroatoms. The van der Waals surface area contributed by atoms with Crippen molar-refractivity contribution < 1.29 is 27.6 Å². The third-order valence-electron chi connectivity index (χ3n) is 3.66. The summed E-state index contributed by atoms with van der Waals surface area (Å²) in [6, 6.07) is 6.31. The number of amides is 3. The highest BCUT2D eigenvalue weighted by atomic mass is 19.4. The van der Waals surface area contributed by atoms with E-state index in [1.54, 1.807) is 24.3 Å². The van der Waals surface area contributed by atoms with Crippen molar-refractivity contribution in [2.45, 2.75) is 31.5 Å². The van der Waals surface area contributed by atoms with Crippen LogP contribution >= 0.6 is 0 Å². The van der Waals surface area contributed by atoms with Gasteiger partial charge >= 0.3 is 12.1 Å². The Labute approximate surface area is 135 Å². The highest BCUT2D eigenvalue weighted by Gasteiger charge is 2.49. The number of hydrogen-bond acceptors (Lipinski definition) is 3. The molecule has 6 nitrogen and oxygen atoms in total. The number of nitrogens with one attached hydrogen (secondary N) is 3. The average molecular weight is 343 g/mol. The number of alkyl halides is 3. The van der Waals surface area contributed by atoms with Gasteiger partial charge in [-0.1, -0.05) is 12.1 Å². The maximum absolute atomic E-state index is 12.5. The minimum Gasteiger partial charge on any atom is -0.354 e. The van der Waals surface area contributed by atoms with E-state index in [0.717, 1.165) is 0 Å². The average Bonchev–Trinajstić information content (AvgIpc) is 2.80. The largest absolute Gasteiger partial charge is 0.471 e. The van der Waals surface area contributed by atoms with Gasteiger partial charge in [-0.05, 0) is 24.1 Å². The molecule has 1 saturated heterocycles. The lowest BCUT2D eigenvalue weighted by atomic mass is 9.89. The quantitative estimate of drug-likeness (QED) is 0.766. The van der Waals surface area contributed by atoms with Crippen LogP contribution in [0.25, 0.3) is 0 Å². The second kappa shape index (κ2) is 6.50. The summed E-state index contributed by atoms with van der Waals surface area (Å²) < 4.78 is 37.6. The van der Waals surface area contributed by atoms with E-state index < -0.39 is 23.5 Å².